The minimum atomic E-state index is -0.543. The molecule has 0 aliphatic heterocycles. The molecule has 0 aliphatic rings. The number of rotatable bonds is 5. The summed E-state index contributed by atoms with van der Waals surface area (Å²) in [7, 11) is 1.28. The van der Waals surface area contributed by atoms with E-state index in [-0.39, 0.29) is 5.69 Å². The van der Waals surface area contributed by atoms with Crippen LogP contribution in [0.4, 0.5) is 5.69 Å². The van der Waals surface area contributed by atoms with Gasteiger partial charge in [-0.1, -0.05) is 0 Å². The lowest BCUT2D eigenvalue weighted by molar-refractivity contribution is -0.105. The smallest absolute Gasteiger partial charge is 0.356 e. The summed E-state index contributed by atoms with van der Waals surface area (Å²) in [5, 5.41) is 3.21. The lowest BCUT2D eigenvalue weighted by Gasteiger charge is -2.03. The molecular formula is C13H14N2O4. The van der Waals surface area contributed by atoms with Gasteiger partial charge in [-0.05, 0) is 25.1 Å². The van der Waals surface area contributed by atoms with E-state index in [2.05, 4.69) is 15.0 Å². The van der Waals surface area contributed by atoms with Gasteiger partial charge in [0.1, 0.15) is 11.4 Å². The number of H-pyrrole nitrogens is 1. The van der Waals surface area contributed by atoms with E-state index in [0.29, 0.717) is 35.4 Å². The molecule has 0 unspecified atom stereocenters. The number of anilines is 1. The number of aromatic amines is 1. The van der Waals surface area contributed by atoms with Gasteiger partial charge in [-0.2, -0.15) is 0 Å². The fourth-order valence-electron chi connectivity index (χ4n) is 1.89. The Morgan fingerprint density at radius 1 is 1.47 bits per heavy atom. The van der Waals surface area contributed by atoms with Crippen LogP contribution in [0.3, 0.4) is 0 Å². The molecule has 2 rings (SSSR count). The summed E-state index contributed by atoms with van der Waals surface area (Å²) in [6.07, 6.45) is 0.516. The number of esters is 1. The molecule has 19 heavy (non-hydrogen) atoms. The van der Waals surface area contributed by atoms with Crippen molar-refractivity contribution in [2.24, 2.45) is 0 Å². The lowest BCUT2D eigenvalue weighted by Crippen LogP contribution is -2.06. The van der Waals surface area contributed by atoms with Gasteiger partial charge in [-0.15, -0.1) is 0 Å². The monoisotopic (exact) mass is 262 g/mol. The normalized spacial score (nSPS) is 10.2. The Bertz CT molecular complexity index is 618. The van der Waals surface area contributed by atoms with E-state index in [1.54, 1.807) is 18.2 Å². The molecule has 0 radical (unpaired) electrons. The fraction of sp³-hybridized carbons (Fsp3) is 0.231. The summed E-state index contributed by atoms with van der Waals surface area (Å²) in [5.74, 6) is 0.123. The number of hydrogen-bond donors (Lipinski definition) is 2. The molecule has 1 heterocycles. The number of aromatic nitrogens is 1. The van der Waals surface area contributed by atoms with Crippen LogP contribution >= 0.6 is 0 Å². The zero-order chi connectivity index (χ0) is 13.8. The Labute approximate surface area is 109 Å². The molecular weight excluding hydrogens is 248 g/mol. The third-order valence-corrected chi connectivity index (χ3v) is 2.67. The first-order valence-electron chi connectivity index (χ1n) is 5.78. The highest BCUT2D eigenvalue weighted by atomic mass is 16.5. The molecule has 0 aliphatic carbocycles. The standard InChI is InChI=1S/C13H14N2O4/c1-3-19-8-4-5-10-9(6-8)11(14-7-16)12(15-10)13(17)18-2/h4-7,15H,3H2,1-2H3,(H,14,16). The minimum Gasteiger partial charge on any atom is -0.494 e. The van der Waals surface area contributed by atoms with Gasteiger partial charge in [0.2, 0.25) is 6.41 Å². The molecule has 6 heteroatoms. The number of amides is 1. The molecule has 0 fully saturated rings. The molecule has 1 aromatic heterocycles. The van der Waals surface area contributed by atoms with E-state index >= 15 is 0 Å². The third kappa shape index (κ3) is 2.37. The van der Waals surface area contributed by atoms with E-state index in [0.717, 1.165) is 0 Å². The Morgan fingerprint density at radius 3 is 2.89 bits per heavy atom. The molecule has 100 valence electrons. The predicted octanol–water partition coefficient (Wildman–Crippen LogP) is 1.92. The van der Waals surface area contributed by atoms with Crippen molar-refractivity contribution in [3.63, 3.8) is 0 Å². The zero-order valence-electron chi connectivity index (χ0n) is 10.6. The number of fused-ring (bicyclic) bond motifs is 1. The van der Waals surface area contributed by atoms with Crippen LogP contribution in [-0.2, 0) is 9.53 Å². The summed E-state index contributed by atoms with van der Waals surface area (Å²) in [6.45, 7) is 2.42. The van der Waals surface area contributed by atoms with Gasteiger partial charge >= 0.3 is 5.97 Å². The maximum atomic E-state index is 11.6. The van der Waals surface area contributed by atoms with E-state index in [9.17, 15) is 9.59 Å². The van der Waals surface area contributed by atoms with Crippen molar-refractivity contribution in [1.82, 2.24) is 4.98 Å². The van der Waals surface area contributed by atoms with Crippen LogP contribution in [0.1, 0.15) is 17.4 Å². The number of methoxy groups -OCH3 is 1. The SMILES string of the molecule is CCOc1ccc2[nH]c(C(=O)OC)c(NC=O)c2c1. The van der Waals surface area contributed by atoms with Crippen LogP contribution in [-0.4, -0.2) is 31.1 Å². The van der Waals surface area contributed by atoms with Crippen LogP contribution in [0.5, 0.6) is 5.75 Å². The Hall–Kier alpha value is -2.50. The summed E-state index contributed by atoms with van der Waals surface area (Å²) < 4.78 is 10.1. The summed E-state index contributed by atoms with van der Waals surface area (Å²) in [6, 6.07) is 5.32. The molecule has 1 amide bonds. The average Bonchev–Trinajstić information content (AvgIpc) is 2.77. The Kier molecular flexibility index (Phi) is 3.70. The maximum Gasteiger partial charge on any atom is 0.356 e. The first-order chi connectivity index (χ1) is 9.21. The van der Waals surface area contributed by atoms with Gasteiger partial charge < -0.3 is 19.8 Å². The molecule has 0 spiro atoms. The van der Waals surface area contributed by atoms with Gasteiger partial charge in [0.15, 0.2) is 0 Å². The van der Waals surface area contributed by atoms with Crippen molar-refractivity contribution >= 4 is 29.0 Å². The van der Waals surface area contributed by atoms with Gasteiger partial charge in [0, 0.05) is 10.9 Å². The van der Waals surface area contributed by atoms with Crippen molar-refractivity contribution in [2.75, 3.05) is 19.0 Å². The number of carbonyl (C=O) groups excluding carboxylic acids is 2. The Balaban J connectivity index is 2.60. The molecule has 6 nitrogen and oxygen atoms in total. The van der Waals surface area contributed by atoms with Crippen LogP contribution in [0, 0.1) is 0 Å². The van der Waals surface area contributed by atoms with E-state index in [4.69, 9.17) is 4.74 Å². The van der Waals surface area contributed by atoms with Crippen molar-refractivity contribution in [3.05, 3.63) is 23.9 Å². The quantitative estimate of drug-likeness (QED) is 0.637. The summed E-state index contributed by atoms with van der Waals surface area (Å²) >= 11 is 0. The van der Waals surface area contributed by atoms with Gasteiger partial charge in [-0.25, -0.2) is 4.79 Å². The van der Waals surface area contributed by atoms with E-state index in [1.165, 1.54) is 7.11 Å². The molecule has 1 aromatic carbocycles. The third-order valence-electron chi connectivity index (χ3n) is 2.67. The zero-order valence-corrected chi connectivity index (χ0v) is 10.6. The summed E-state index contributed by atoms with van der Waals surface area (Å²) in [4.78, 5) is 25.2. The molecule has 2 N–H and O–H groups in total. The lowest BCUT2D eigenvalue weighted by atomic mass is 10.2. The highest BCUT2D eigenvalue weighted by Crippen LogP contribution is 2.31. The largest absolute Gasteiger partial charge is 0.494 e. The van der Waals surface area contributed by atoms with Gasteiger partial charge in [0.25, 0.3) is 0 Å². The molecule has 0 saturated carbocycles. The predicted molar refractivity (Wildman–Crippen MR) is 70.5 cm³/mol. The van der Waals surface area contributed by atoms with Crippen molar-refractivity contribution < 1.29 is 19.1 Å². The molecule has 2 aromatic rings. The van der Waals surface area contributed by atoms with E-state index < -0.39 is 5.97 Å². The van der Waals surface area contributed by atoms with Gasteiger partial charge in [-0.3, -0.25) is 4.79 Å². The van der Waals surface area contributed by atoms with Gasteiger partial charge in [0.05, 0.1) is 19.4 Å². The number of hydrogen-bond acceptors (Lipinski definition) is 4. The fourth-order valence-corrected chi connectivity index (χ4v) is 1.89. The number of nitrogens with one attached hydrogen (secondary N) is 2. The molecule has 0 saturated heterocycles. The number of carbonyl (C=O) groups is 2. The van der Waals surface area contributed by atoms with Crippen molar-refractivity contribution in [2.45, 2.75) is 6.92 Å². The molecule has 0 bridgehead atoms. The van der Waals surface area contributed by atoms with Crippen LogP contribution in [0.25, 0.3) is 10.9 Å². The second-order valence-electron chi connectivity index (χ2n) is 3.77. The van der Waals surface area contributed by atoms with Crippen molar-refractivity contribution in [1.29, 1.82) is 0 Å². The maximum absolute atomic E-state index is 11.6. The highest BCUT2D eigenvalue weighted by Gasteiger charge is 2.18. The summed E-state index contributed by atoms with van der Waals surface area (Å²) in [5.41, 5.74) is 1.31. The van der Waals surface area contributed by atoms with Crippen LogP contribution < -0.4 is 10.1 Å². The highest BCUT2D eigenvalue weighted by molar-refractivity contribution is 6.08. The minimum absolute atomic E-state index is 0.207. The average molecular weight is 262 g/mol. The number of ether oxygens (including phenoxy) is 2. The van der Waals surface area contributed by atoms with Crippen LogP contribution in [0.2, 0.25) is 0 Å². The second kappa shape index (κ2) is 5.43. The first kappa shape index (κ1) is 12.9. The van der Waals surface area contributed by atoms with Crippen LogP contribution in [0.15, 0.2) is 18.2 Å². The first-order valence-corrected chi connectivity index (χ1v) is 5.78. The Morgan fingerprint density at radius 2 is 2.26 bits per heavy atom. The molecule has 0 atom stereocenters. The topological polar surface area (TPSA) is 80.4 Å². The number of benzene rings is 1. The van der Waals surface area contributed by atoms with Crippen molar-refractivity contribution in [3.8, 4) is 5.75 Å². The second-order valence-corrected chi connectivity index (χ2v) is 3.77. The van der Waals surface area contributed by atoms with E-state index in [1.807, 2.05) is 6.92 Å².